The van der Waals surface area contributed by atoms with Crippen molar-refractivity contribution in [2.75, 3.05) is 12.3 Å². The van der Waals surface area contributed by atoms with Crippen LogP contribution >= 0.6 is 0 Å². The minimum atomic E-state index is -0.720. The van der Waals surface area contributed by atoms with E-state index in [0.717, 1.165) is 30.2 Å². The summed E-state index contributed by atoms with van der Waals surface area (Å²) < 4.78 is 0. The molecule has 0 radical (unpaired) electrons. The zero-order valence-electron chi connectivity index (χ0n) is 12.0. The van der Waals surface area contributed by atoms with E-state index in [1.807, 2.05) is 30.3 Å². The van der Waals surface area contributed by atoms with Gasteiger partial charge < -0.3 is 16.2 Å². The molecule has 5 heteroatoms. The monoisotopic (exact) mass is 287 g/mol. The molecule has 0 bridgehead atoms. The maximum atomic E-state index is 10.1. The molecule has 4 N–H and O–H groups in total. The van der Waals surface area contributed by atoms with Crippen molar-refractivity contribution in [2.45, 2.75) is 18.9 Å². The Morgan fingerprint density at radius 2 is 2.05 bits per heavy atom. The van der Waals surface area contributed by atoms with E-state index in [2.05, 4.69) is 23.5 Å². The van der Waals surface area contributed by atoms with Crippen molar-refractivity contribution in [3.63, 3.8) is 0 Å². The molecular formula is C16H21N3O2. The van der Waals surface area contributed by atoms with Crippen molar-refractivity contribution in [1.82, 2.24) is 10.3 Å². The van der Waals surface area contributed by atoms with Gasteiger partial charge in [0.2, 0.25) is 0 Å². The van der Waals surface area contributed by atoms with E-state index in [-0.39, 0.29) is 6.04 Å². The van der Waals surface area contributed by atoms with Crippen LogP contribution in [0, 0.1) is 0 Å². The molecule has 0 amide bonds. The Morgan fingerprint density at radius 3 is 2.57 bits per heavy atom. The molecule has 0 saturated carbocycles. The van der Waals surface area contributed by atoms with E-state index < -0.39 is 5.97 Å². The molecule has 1 aliphatic rings. The van der Waals surface area contributed by atoms with E-state index >= 15 is 0 Å². The van der Waals surface area contributed by atoms with Gasteiger partial charge in [0, 0.05) is 11.6 Å². The number of aliphatic carboxylic acids is 1. The molecule has 1 atom stereocenters. The van der Waals surface area contributed by atoms with Gasteiger partial charge in [-0.2, -0.15) is 0 Å². The Hall–Kier alpha value is -2.40. The van der Waals surface area contributed by atoms with Crippen LogP contribution in [0.5, 0.6) is 0 Å². The number of hydrogen-bond acceptors (Lipinski definition) is 4. The predicted molar refractivity (Wildman–Crippen MR) is 86.1 cm³/mol. The Balaban J connectivity index is 0.000000196. The van der Waals surface area contributed by atoms with Crippen LogP contribution in [-0.2, 0) is 4.79 Å². The summed E-state index contributed by atoms with van der Waals surface area (Å²) in [4.78, 5) is 14.1. The number of hydrogen-bond donors (Lipinski definition) is 3. The van der Waals surface area contributed by atoms with E-state index in [9.17, 15) is 4.79 Å². The van der Waals surface area contributed by atoms with Crippen LogP contribution in [0.1, 0.15) is 12.8 Å². The van der Waals surface area contributed by atoms with Gasteiger partial charge in [-0.25, -0.2) is 4.98 Å². The molecule has 1 aromatic carbocycles. The second-order valence-corrected chi connectivity index (χ2v) is 4.40. The molecule has 0 aliphatic carbocycles. The normalized spacial score (nSPS) is 16.3. The van der Waals surface area contributed by atoms with Gasteiger partial charge in [0.15, 0.2) is 0 Å². The number of benzene rings is 1. The Morgan fingerprint density at radius 1 is 1.33 bits per heavy atom. The van der Waals surface area contributed by atoms with Crippen molar-refractivity contribution in [2.24, 2.45) is 0 Å². The molecule has 1 saturated heterocycles. The molecule has 112 valence electrons. The number of aromatic nitrogens is 1. The summed E-state index contributed by atoms with van der Waals surface area (Å²) in [7, 11) is 0. The third kappa shape index (κ3) is 4.89. The smallest absolute Gasteiger partial charge is 0.320 e. The van der Waals surface area contributed by atoms with Gasteiger partial charge in [0.1, 0.15) is 11.9 Å². The molecule has 1 aromatic heterocycles. The lowest BCUT2D eigenvalue weighted by Crippen LogP contribution is -2.29. The first-order valence-corrected chi connectivity index (χ1v) is 6.74. The molecule has 0 spiro atoms. The van der Waals surface area contributed by atoms with Gasteiger partial charge in [-0.1, -0.05) is 24.3 Å². The van der Waals surface area contributed by atoms with Gasteiger partial charge in [0.25, 0.3) is 0 Å². The molecule has 2 aromatic rings. The van der Waals surface area contributed by atoms with Crippen molar-refractivity contribution in [3.8, 4) is 0 Å². The highest BCUT2D eigenvalue weighted by molar-refractivity contribution is 5.90. The number of nitrogens with two attached hydrogens (primary N) is 1. The van der Waals surface area contributed by atoms with Crippen LogP contribution in [0.2, 0.25) is 0 Å². The molecule has 21 heavy (non-hydrogen) atoms. The van der Waals surface area contributed by atoms with Crippen LogP contribution in [-0.4, -0.2) is 28.6 Å². The fourth-order valence-corrected chi connectivity index (χ4v) is 2.04. The molecule has 0 unspecified atom stereocenters. The summed E-state index contributed by atoms with van der Waals surface area (Å²) in [6.07, 6.45) is 3.50. The van der Waals surface area contributed by atoms with E-state index in [4.69, 9.17) is 10.8 Å². The maximum Gasteiger partial charge on any atom is 0.320 e. The standard InChI is InChI=1S/C9H8N2.C5H9NO2.C2H4/c10-9-8-4-2-1-3-7(8)5-6-11-9;7-5(8)4-2-1-3-6-4;1-2/h1-6H,(H2,10,11);4,6H,1-3H2,(H,7,8);1-2H2/t;4-;/m.0./s1. The summed E-state index contributed by atoms with van der Waals surface area (Å²) in [5.41, 5.74) is 5.65. The number of carboxylic acids is 1. The van der Waals surface area contributed by atoms with Crippen LogP contribution in [0.25, 0.3) is 10.8 Å². The topological polar surface area (TPSA) is 88.2 Å². The molecule has 2 heterocycles. The number of anilines is 1. The van der Waals surface area contributed by atoms with E-state index in [1.165, 1.54) is 0 Å². The van der Waals surface area contributed by atoms with Gasteiger partial charge in [-0.3, -0.25) is 4.79 Å². The molecular weight excluding hydrogens is 266 g/mol. The lowest BCUT2D eigenvalue weighted by molar-refractivity contribution is -0.139. The first-order chi connectivity index (χ1) is 10.2. The zero-order chi connectivity index (χ0) is 15.7. The highest BCUT2D eigenvalue weighted by Gasteiger charge is 2.20. The SMILES string of the molecule is C=C.Nc1nccc2ccccc12.O=C(O)[C@@H]1CCCN1. The number of carboxylic acid groups (broad SMARTS) is 1. The quantitative estimate of drug-likeness (QED) is 0.701. The summed E-state index contributed by atoms with van der Waals surface area (Å²) in [5.74, 6) is -0.120. The lowest BCUT2D eigenvalue weighted by atomic mass is 10.2. The highest BCUT2D eigenvalue weighted by atomic mass is 16.4. The summed E-state index contributed by atoms with van der Waals surface area (Å²) in [6.45, 7) is 6.86. The molecule has 1 aliphatic heterocycles. The first-order valence-electron chi connectivity index (χ1n) is 6.74. The third-order valence-electron chi connectivity index (χ3n) is 3.06. The number of rotatable bonds is 1. The minimum Gasteiger partial charge on any atom is -0.480 e. The number of nitrogen functional groups attached to an aromatic ring is 1. The molecule has 1 fully saturated rings. The molecule has 3 rings (SSSR count). The van der Waals surface area contributed by atoms with Gasteiger partial charge in [-0.05, 0) is 30.8 Å². The van der Waals surface area contributed by atoms with Crippen LogP contribution in [0.4, 0.5) is 5.82 Å². The number of pyridine rings is 1. The second kappa shape index (κ2) is 8.71. The van der Waals surface area contributed by atoms with Crippen LogP contribution in [0.3, 0.4) is 0 Å². The Labute approximate surface area is 124 Å². The summed E-state index contributed by atoms with van der Waals surface area (Å²) in [6, 6.07) is 9.62. The second-order valence-electron chi connectivity index (χ2n) is 4.40. The number of nitrogens with one attached hydrogen (secondary N) is 1. The largest absolute Gasteiger partial charge is 0.480 e. The van der Waals surface area contributed by atoms with Crippen LogP contribution in [0.15, 0.2) is 49.7 Å². The molecule has 5 nitrogen and oxygen atoms in total. The van der Waals surface area contributed by atoms with Gasteiger partial charge >= 0.3 is 5.97 Å². The summed E-state index contributed by atoms with van der Waals surface area (Å²) >= 11 is 0. The average Bonchev–Trinajstić information content (AvgIpc) is 3.05. The fourth-order valence-electron chi connectivity index (χ4n) is 2.04. The Bertz CT molecular complexity index is 575. The fraction of sp³-hybridized carbons (Fsp3) is 0.250. The van der Waals surface area contributed by atoms with Gasteiger partial charge in [0.05, 0.1) is 0 Å². The van der Waals surface area contributed by atoms with Gasteiger partial charge in [-0.15, -0.1) is 13.2 Å². The maximum absolute atomic E-state index is 10.1. The van der Waals surface area contributed by atoms with Crippen molar-refractivity contribution in [1.29, 1.82) is 0 Å². The lowest BCUT2D eigenvalue weighted by Gasteiger charge is -1.99. The van der Waals surface area contributed by atoms with E-state index in [0.29, 0.717) is 5.82 Å². The van der Waals surface area contributed by atoms with Crippen LogP contribution < -0.4 is 11.1 Å². The highest BCUT2D eigenvalue weighted by Crippen LogP contribution is 2.16. The zero-order valence-corrected chi connectivity index (χ0v) is 12.0. The van der Waals surface area contributed by atoms with Crippen molar-refractivity contribution >= 4 is 22.6 Å². The minimum absolute atomic E-state index is 0.269. The average molecular weight is 287 g/mol. The van der Waals surface area contributed by atoms with Crippen molar-refractivity contribution in [3.05, 3.63) is 49.7 Å². The first kappa shape index (κ1) is 16.7. The van der Waals surface area contributed by atoms with E-state index in [1.54, 1.807) is 6.20 Å². The predicted octanol–water partition coefficient (Wildman–Crippen LogP) is 2.44. The number of fused-ring (bicyclic) bond motifs is 1. The number of carbonyl (C=O) groups is 1. The summed E-state index contributed by atoms with van der Waals surface area (Å²) in [5, 5.41) is 13.4. The number of nitrogens with zero attached hydrogens (tertiary/aromatic N) is 1. The van der Waals surface area contributed by atoms with Crippen molar-refractivity contribution < 1.29 is 9.90 Å². The Kier molecular flexibility index (Phi) is 6.91. The third-order valence-corrected chi connectivity index (χ3v) is 3.06.